The van der Waals surface area contributed by atoms with Crippen molar-refractivity contribution in [3.8, 4) is 0 Å². The predicted octanol–water partition coefficient (Wildman–Crippen LogP) is 6.43. The molecule has 0 amide bonds. The normalized spacial score (nSPS) is 54.2. The van der Waals surface area contributed by atoms with Crippen LogP contribution in [0.4, 0.5) is 0 Å². The second kappa shape index (κ2) is 8.40. The van der Waals surface area contributed by atoms with Crippen molar-refractivity contribution in [2.75, 3.05) is 26.3 Å². The quantitative estimate of drug-likeness (QED) is 0.400. The number of ketones is 1. The molecule has 0 aromatic rings. The van der Waals surface area contributed by atoms with Gasteiger partial charge in [0.1, 0.15) is 0 Å². The highest BCUT2D eigenvalue weighted by molar-refractivity contribution is 5.91. The number of likely N-dealkylation sites (tertiary alicyclic amines) is 1. The summed E-state index contributed by atoms with van der Waals surface area (Å²) in [6.45, 7) is 16.4. The Labute approximate surface area is 225 Å². The first-order chi connectivity index (χ1) is 17.7. The summed E-state index contributed by atoms with van der Waals surface area (Å²) in [7, 11) is 0. The van der Waals surface area contributed by atoms with Crippen LogP contribution in [0, 0.1) is 45.8 Å². The smallest absolute Gasteiger partial charge is 0.155 e. The van der Waals surface area contributed by atoms with Crippen molar-refractivity contribution in [1.82, 2.24) is 4.90 Å². The fraction of sp³-hybridized carbons (Fsp3) is 0.909. The van der Waals surface area contributed by atoms with Gasteiger partial charge in [-0.2, -0.15) is 0 Å². The summed E-state index contributed by atoms with van der Waals surface area (Å²) < 4.78 is 13.4. The van der Waals surface area contributed by atoms with Gasteiger partial charge in [0.2, 0.25) is 0 Å². The van der Waals surface area contributed by atoms with Crippen LogP contribution in [0.5, 0.6) is 0 Å². The molecule has 0 aromatic heterocycles. The molecule has 4 heteroatoms. The maximum Gasteiger partial charge on any atom is 0.155 e. The van der Waals surface area contributed by atoms with Gasteiger partial charge in [-0.1, -0.05) is 40.2 Å². The molecule has 7 aliphatic rings. The summed E-state index contributed by atoms with van der Waals surface area (Å²) in [4.78, 5) is 15.1. The molecule has 2 aliphatic heterocycles. The Hall–Kier alpha value is -0.710. The van der Waals surface area contributed by atoms with Crippen LogP contribution < -0.4 is 0 Å². The minimum atomic E-state index is 0.0427. The van der Waals surface area contributed by atoms with E-state index >= 15 is 0 Å². The van der Waals surface area contributed by atoms with Gasteiger partial charge in [-0.3, -0.25) is 9.69 Å². The van der Waals surface area contributed by atoms with Crippen molar-refractivity contribution < 1.29 is 14.3 Å². The maximum atomic E-state index is 12.3. The lowest BCUT2D eigenvalue weighted by atomic mass is 9.56. The molecule has 2 spiro atoms. The molecule has 7 rings (SSSR count). The van der Waals surface area contributed by atoms with Crippen molar-refractivity contribution in [2.45, 2.75) is 117 Å². The van der Waals surface area contributed by atoms with Crippen LogP contribution in [0.1, 0.15) is 98.8 Å². The van der Waals surface area contributed by atoms with Crippen LogP contribution in [0.3, 0.4) is 0 Å². The van der Waals surface area contributed by atoms with E-state index in [0.29, 0.717) is 40.6 Å². The third-order valence-corrected chi connectivity index (χ3v) is 13.7. The molecule has 4 saturated carbocycles. The van der Waals surface area contributed by atoms with Gasteiger partial charge in [-0.05, 0) is 98.4 Å². The Kier molecular flexibility index (Phi) is 5.74. The number of carbonyl (C=O) groups excluding carboxylic acids is 1. The number of hydrogen-bond acceptors (Lipinski definition) is 4. The molecule has 0 bridgehead atoms. The molecule has 2 unspecified atom stereocenters. The third kappa shape index (κ3) is 3.22. The lowest BCUT2D eigenvalue weighted by molar-refractivity contribution is -0.148. The van der Waals surface area contributed by atoms with Crippen LogP contribution in [-0.4, -0.2) is 54.7 Å². The highest BCUT2D eigenvalue weighted by atomic mass is 16.5. The Morgan fingerprint density at radius 1 is 1.11 bits per heavy atom. The van der Waals surface area contributed by atoms with E-state index in [0.717, 1.165) is 56.8 Å². The molecule has 0 aromatic carbocycles. The number of carbonyl (C=O) groups is 1. The van der Waals surface area contributed by atoms with Gasteiger partial charge in [0.05, 0.1) is 18.3 Å². The lowest BCUT2D eigenvalue weighted by Gasteiger charge is -2.50. The SMILES string of the molecule is CCCOCCN1C[C@@H](C)C[C@H]2O[C@]3(CC[C@H]4[C@@H]5CCC6=CC(=O)CC[C@]6(C)[C@H]5CC45CC53C)[C@H](C)[C@@H]21. The molecule has 6 fully saturated rings. The van der Waals surface area contributed by atoms with Gasteiger partial charge >= 0.3 is 0 Å². The van der Waals surface area contributed by atoms with Gasteiger partial charge in [0, 0.05) is 43.5 Å². The van der Waals surface area contributed by atoms with Crippen molar-refractivity contribution in [3.63, 3.8) is 0 Å². The molecule has 0 radical (unpaired) electrons. The highest BCUT2D eigenvalue weighted by Gasteiger charge is 2.84. The monoisotopic (exact) mass is 509 g/mol. The Morgan fingerprint density at radius 2 is 1.95 bits per heavy atom. The van der Waals surface area contributed by atoms with Gasteiger partial charge in [0.15, 0.2) is 5.78 Å². The average Bonchev–Trinajstić information content (AvgIpc) is 3.20. The second-order valence-corrected chi connectivity index (χ2v) is 15.1. The van der Waals surface area contributed by atoms with E-state index in [9.17, 15) is 4.79 Å². The first-order valence-corrected chi connectivity index (χ1v) is 15.9. The van der Waals surface area contributed by atoms with E-state index in [4.69, 9.17) is 9.47 Å². The number of nitrogens with zero attached hydrogens (tertiary/aromatic N) is 1. The van der Waals surface area contributed by atoms with Crippen molar-refractivity contribution >= 4 is 5.78 Å². The molecule has 11 atom stereocenters. The number of piperidine rings is 1. The number of rotatable bonds is 5. The Morgan fingerprint density at radius 3 is 2.76 bits per heavy atom. The number of ether oxygens (including phenoxy) is 2. The number of fused-ring (bicyclic) bond motifs is 6. The molecule has 0 N–H and O–H groups in total. The van der Waals surface area contributed by atoms with E-state index in [1.54, 1.807) is 0 Å². The van der Waals surface area contributed by atoms with E-state index in [-0.39, 0.29) is 11.0 Å². The van der Waals surface area contributed by atoms with Gasteiger partial charge in [-0.25, -0.2) is 0 Å². The zero-order chi connectivity index (χ0) is 25.8. The standard InChI is InChI=1S/C33H51NO3/c1-6-14-36-15-13-34-19-21(2)16-28-29(34)22(3)33(37-28)12-10-26-25-8-7-23-17-24(35)9-11-30(23,4)27(25)18-32(26)20-31(32,33)5/h17,21-22,25-29H,6-16,18-20H2,1-5H3/t21-,22+,25-,26-,27-,28+,29-,30-,31?,32?,33+/m0/s1. The summed E-state index contributed by atoms with van der Waals surface area (Å²) in [5.41, 5.74) is 2.60. The van der Waals surface area contributed by atoms with Crippen LogP contribution in [-0.2, 0) is 14.3 Å². The summed E-state index contributed by atoms with van der Waals surface area (Å²) >= 11 is 0. The van der Waals surface area contributed by atoms with E-state index in [1.165, 1.54) is 57.1 Å². The van der Waals surface area contributed by atoms with Gasteiger partial charge < -0.3 is 9.47 Å². The molecule has 2 heterocycles. The zero-order valence-corrected chi connectivity index (χ0v) is 24.2. The van der Waals surface area contributed by atoms with Crippen LogP contribution in [0.15, 0.2) is 11.6 Å². The molecule has 206 valence electrons. The van der Waals surface area contributed by atoms with Crippen LogP contribution in [0.2, 0.25) is 0 Å². The van der Waals surface area contributed by atoms with E-state index < -0.39 is 0 Å². The van der Waals surface area contributed by atoms with Crippen molar-refractivity contribution in [2.24, 2.45) is 45.8 Å². The topological polar surface area (TPSA) is 38.8 Å². The second-order valence-electron chi connectivity index (χ2n) is 15.1. The van der Waals surface area contributed by atoms with Crippen molar-refractivity contribution in [3.05, 3.63) is 11.6 Å². The van der Waals surface area contributed by atoms with Crippen LogP contribution >= 0.6 is 0 Å². The predicted molar refractivity (Wildman–Crippen MR) is 146 cm³/mol. The summed E-state index contributed by atoms with van der Waals surface area (Å²) in [5, 5.41) is 0. The Bertz CT molecular complexity index is 992. The third-order valence-electron chi connectivity index (χ3n) is 13.7. The molecular weight excluding hydrogens is 458 g/mol. The maximum absolute atomic E-state index is 12.3. The lowest BCUT2D eigenvalue weighted by Crippen LogP contribution is -2.55. The van der Waals surface area contributed by atoms with E-state index in [1.807, 2.05) is 0 Å². The largest absolute Gasteiger partial charge is 0.380 e. The van der Waals surface area contributed by atoms with E-state index in [2.05, 4.69) is 45.6 Å². The minimum absolute atomic E-state index is 0.0427. The molecule has 5 aliphatic carbocycles. The fourth-order valence-corrected chi connectivity index (χ4v) is 12.1. The Balaban J connectivity index is 1.17. The fourth-order valence-electron chi connectivity index (χ4n) is 12.1. The van der Waals surface area contributed by atoms with Crippen molar-refractivity contribution in [1.29, 1.82) is 0 Å². The molecule has 2 saturated heterocycles. The summed E-state index contributed by atoms with van der Waals surface area (Å²) in [6.07, 6.45) is 14.5. The van der Waals surface area contributed by atoms with Gasteiger partial charge in [0.25, 0.3) is 0 Å². The number of hydrogen-bond donors (Lipinski definition) is 0. The molecular formula is C33H51NO3. The average molecular weight is 510 g/mol. The highest BCUT2D eigenvalue weighted by Crippen LogP contribution is 2.87. The molecule has 4 nitrogen and oxygen atoms in total. The molecule has 37 heavy (non-hydrogen) atoms. The summed E-state index contributed by atoms with van der Waals surface area (Å²) in [5.74, 6) is 4.17. The van der Waals surface area contributed by atoms with Crippen LogP contribution in [0.25, 0.3) is 0 Å². The first-order valence-electron chi connectivity index (χ1n) is 15.9. The van der Waals surface area contributed by atoms with Gasteiger partial charge in [-0.15, -0.1) is 0 Å². The first kappa shape index (κ1) is 25.3. The number of allylic oxidation sites excluding steroid dienone is 2. The zero-order valence-electron chi connectivity index (χ0n) is 24.2. The summed E-state index contributed by atoms with van der Waals surface area (Å²) in [6, 6.07) is 0.549. The minimum Gasteiger partial charge on any atom is -0.380 e.